The smallest absolute Gasteiger partial charge is 0.284 e. The van der Waals surface area contributed by atoms with Gasteiger partial charge in [0.1, 0.15) is 6.10 Å². The van der Waals surface area contributed by atoms with E-state index in [2.05, 4.69) is 17.2 Å². The molecule has 0 heterocycles. The summed E-state index contributed by atoms with van der Waals surface area (Å²) in [6, 6.07) is 0.666. The van der Waals surface area contributed by atoms with Crippen molar-refractivity contribution >= 4 is 6.02 Å². The fourth-order valence-electron chi connectivity index (χ4n) is 1.82. The van der Waals surface area contributed by atoms with Crippen LogP contribution in [0.3, 0.4) is 0 Å². The lowest BCUT2D eigenvalue weighted by molar-refractivity contribution is 0.0863. The molecule has 1 N–H and O–H groups in total. The quantitative estimate of drug-likeness (QED) is 0.498. The summed E-state index contributed by atoms with van der Waals surface area (Å²) >= 11 is 0. The molecule has 0 aromatic carbocycles. The second-order valence-electron chi connectivity index (χ2n) is 3.70. The standard InChI is InChI=1S/C10H20N2O/c1-8-6-4-5-7-9(8)13-10(11-2)12-3/h8-9H,4-7H2,1-3H3,(H,11,12). The van der Waals surface area contributed by atoms with Gasteiger partial charge in [0.25, 0.3) is 6.02 Å². The van der Waals surface area contributed by atoms with Crippen molar-refractivity contribution in [2.75, 3.05) is 14.1 Å². The van der Waals surface area contributed by atoms with Gasteiger partial charge in [-0.05, 0) is 25.2 Å². The maximum absolute atomic E-state index is 5.74. The zero-order chi connectivity index (χ0) is 9.68. The van der Waals surface area contributed by atoms with Gasteiger partial charge in [0, 0.05) is 14.1 Å². The molecule has 0 aliphatic heterocycles. The first kappa shape index (κ1) is 10.4. The lowest BCUT2D eigenvalue weighted by atomic mass is 9.88. The normalized spacial score (nSPS) is 29.9. The van der Waals surface area contributed by atoms with Gasteiger partial charge in [-0.3, -0.25) is 0 Å². The zero-order valence-corrected chi connectivity index (χ0v) is 8.84. The number of nitrogens with one attached hydrogen (secondary N) is 1. The molecule has 3 nitrogen and oxygen atoms in total. The van der Waals surface area contributed by atoms with Crippen LogP contribution in [0.15, 0.2) is 4.99 Å². The molecule has 0 aromatic heterocycles. The van der Waals surface area contributed by atoms with Gasteiger partial charge in [-0.1, -0.05) is 13.3 Å². The third-order valence-electron chi connectivity index (χ3n) is 2.71. The molecule has 1 rings (SSSR count). The van der Waals surface area contributed by atoms with E-state index in [1.54, 1.807) is 7.05 Å². The highest BCUT2D eigenvalue weighted by atomic mass is 16.5. The molecular weight excluding hydrogens is 164 g/mol. The molecule has 0 amide bonds. The Kier molecular flexibility index (Phi) is 4.06. The number of hydrogen-bond donors (Lipinski definition) is 1. The summed E-state index contributed by atoms with van der Waals surface area (Å²) in [5, 5.41) is 2.95. The summed E-state index contributed by atoms with van der Waals surface area (Å²) < 4.78 is 5.74. The Bertz CT molecular complexity index is 180. The highest BCUT2D eigenvalue weighted by molar-refractivity contribution is 5.73. The lowest BCUT2D eigenvalue weighted by Gasteiger charge is -2.29. The summed E-state index contributed by atoms with van der Waals surface area (Å²) in [4.78, 5) is 4.02. The minimum absolute atomic E-state index is 0.361. The predicted octanol–water partition coefficient (Wildman–Crippen LogP) is 1.79. The molecule has 0 aromatic rings. The highest BCUT2D eigenvalue weighted by Crippen LogP contribution is 2.26. The van der Waals surface area contributed by atoms with Crippen molar-refractivity contribution in [1.82, 2.24) is 5.32 Å². The topological polar surface area (TPSA) is 33.6 Å². The molecule has 13 heavy (non-hydrogen) atoms. The number of nitrogens with zero attached hydrogens (tertiary/aromatic N) is 1. The summed E-state index contributed by atoms with van der Waals surface area (Å²) in [5.41, 5.74) is 0. The first-order chi connectivity index (χ1) is 6.27. The van der Waals surface area contributed by atoms with Crippen molar-refractivity contribution in [2.24, 2.45) is 10.9 Å². The van der Waals surface area contributed by atoms with Gasteiger partial charge >= 0.3 is 0 Å². The van der Waals surface area contributed by atoms with E-state index in [-0.39, 0.29) is 0 Å². The first-order valence-electron chi connectivity index (χ1n) is 5.09. The van der Waals surface area contributed by atoms with Crippen molar-refractivity contribution in [2.45, 2.75) is 38.7 Å². The van der Waals surface area contributed by atoms with Crippen LogP contribution in [0.25, 0.3) is 0 Å². The summed E-state index contributed by atoms with van der Waals surface area (Å²) in [6.07, 6.45) is 5.45. The van der Waals surface area contributed by atoms with Gasteiger partial charge in [-0.2, -0.15) is 0 Å². The molecule has 1 fully saturated rings. The first-order valence-corrected chi connectivity index (χ1v) is 5.09. The van der Waals surface area contributed by atoms with E-state index in [0.717, 1.165) is 0 Å². The van der Waals surface area contributed by atoms with Gasteiger partial charge in [0.2, 0.25) is 0 Å². The molecule has 3 heteroatoms. The molecule has 1 aliphatic rings. The molecule has 0 spiro atoms. The van der Waals surface area contributed by atoms with E-state index in [1.165, 1.54) is 25.7 Å². The van der Waals surface area contributed by atoms with E-state index in [1.807, 2.05) is 7.05 Å². The van der Waals surface area contributed by atoms with Crippen LogP contribution in [-0.4, -0.2) is 26.2 Å². The van der Waals surface area contributed by atoms with Crippen LogP contribution in [0, 0.1) is 5.92 Å². The Morgan fingerprint density at radius 3 is 2.62 bits per heavy atom. The van der Waals surface area contributed by atoms with Crippen molar-refractivity contribution in [3.05, 3.63) is 0 Å². The van der Waals surface area contributed by atoms with Crippen molar-refractivity contribution < 1.29 is 4.74 Å². The average Bonchev–Trinajstić information content (AvgIpc) is 2.17. The molecule has 0 saturated heterocycles. The summed E-state index contributed by atoms with van der Waals surface area (Å²) in [5.74, 6) is 0.666. The fraction of sp³-hybridized carbons (Fsp3) is 0.900. The Morgan fingerprint density at radius 2 is 2.08 bits per heavy atom. The molecule has 1 aliphatic carbocycles. The minimum Gasteiger partial charge on any atom is -0.462 e. The van der Waals surface area contributed by atoms with Crippen LogP contribution in [-0.2, 0) is 4.74 Å². The third kappa shape index (κ3) is 2.90. The highest BCUT2D eigenvalue weighted by Gasteiger charge is 2.23. The van der Waals surface area contributed by atoms with Crippen LogP contribution in [0.5, 0.6) is 0 Å². The van der Waals surface area contributed by atoms with Crippen molar-refractivity contribution in [3.63, 3.8) is 0 Å². The molecule has 2 atom stereocenters. The number of hydrogen-bond acceptors (Lipinski definition) is 2. The summed E-state index contributed by atoms with van der Waals surface area (Å²) in [7, 11) is 3.59. The number of ether oxygens (including phenoxy) is 1. The maximum Gasteiger partial charge on any atom is 0.284 e. The Hall–Kier alpha value is -0.730. The van der Waals surface area contributed by atoms with Crippen LogP contribution in [0.4, 0.5) is 0 Å². The van der Waals surface area contributed by atoms with E-state index >= 15 is 0 Å². The van der Waals surface area contributed by atoms with Crippen LogP contribution >= 0.6 is 0 Å². The summed E-state index contributed by atoms with van der Waals surface area (Å²) in [6.45, 7) is 2.26. The van der Waals surface area contributed by atoms with Crippen LogP contribution in [0.1, 0.15) is 32.6 Å². The van der Waals surface area contributed by atoms with E-state index < -0.39 is 0 Å². The molecular formula is C10H20N2O. The van der Waals surface area contributed by atoms with Crippen molar-refractivity contribution in [3.8, 4) is 0 Å². The van der Waals surface area contributed by atoms with Crippen LogP contribution in [0.2, 0.25) is 0 Å². The number of aliphatic imine (C=N–C) groups is 1. The molecule has 2 unspecified atom stereocenters. The molecule has 0 radical (unpaired) electrons. The average molecular weight is 184 g/mol. The monoisotopic (exact) mass is 184 g/mol. The number of rotatable bonds is 1. The Balaban J connectivity index is 2.41. The largest absolute Gasteiger partial charge is 0.462 e. The van der Waals surface area contributed by atoms with Gasteiger partial charge in [0.05, 0.1) is 0 Å². The second kappa shape index (κ2) is 5.10. The lowest BCUT2D eigenvalue weighted by Crippen LogP contribution is -2.33. The maximum atomic E-state index is 5.74. The van der Waals surface area contributed by atoms with Gasteiger partial charge in [-0.25, -0.2) is 4.99 Å². The molecule has 1 saturated carbocycles. The number of amidine groups is 1. The second-order valence-corrected chi connectivity index (χ2v) is 3.70. The van der Waals surface area contributed by atoms with Crippen molar-refractivity contribution in [1.29, 1.82) is 0 Å². The Morgan fingerprint density at radius 1 is 1.38 bits per heavy atom. The minimum atomic E-state index is 0.361. The van der Waals surface area contributed by atoms with E-state index in [0.29, 0.717) is 18.0 Å². The predicted molar refractivity (Wildman–Crippen MR) is 54.9 cm³/mol. The SMILES string of the molecule is CN=C(NC)OC1CCCCC1C. The molecule has 76 valence electrons. The Labute approximate surface area is 80.6 Å². The zero-order valence-electron chi connectivity index (χ0n) is 8.84. The van der Waals surface area contributed by atoms with E-state index in [4.69, 9.17) is 4.74 Å². The van der Waals surface area contributed by atoms with Crippen LogP contribution < -0.4 is 5.32 Å². The fourth-order valence-corrected chi connectivity index (χ4v) is 1.82. The van der Waals surface area contributed by atoms with E-state index in [9.17, 15) is 0 Å². The third-order valence-corrected chi connectivity index (χ3v) is 2.71. The molecule has 0 bridgehead atoms. The van der Waals surface area contributed by atoms with Gasteiger partial charge in [-0.15, -0.1) is 0 Å². The van der Waals surface area contributed by atoms with Gasteiger partial charge in [0.15, 0.2) is 0 Å². The van der Waals surface area contributed by atoms with Gasteiger partial charge < -0.3 is 10.1 Å².